The van der Waals surface area contributed by atoms with Crippen LogP contribution in [0.25, 0.3) is 22.8 Å². The number of thiazole rings is 1. The van der Waals surface area contributed by atoms with Crippen molar-refractivity contribution in [2.75, 3.05) is 0 Å². The highest BCUT2D eigenvalue weighted by atomic mass is 32.1. The van der Waals surface area contributed by atoms with Crippen molar-refractivity contribution in [3.05, 3.63) is 106 Å². The second-order valence-corrected chi connectivity index (χ2v) is 11.7. The first kappa shape index (κ1) is 29.4. The van der Waals surface area contributed by atoms with Crippen LogP contribution in [0.5, 0.6) is 5.75 Å². The first-order valence-corrected chi connectivity index (χ1v) is 14.9. The van der Waals surface area contributed by atoms with Crippen molar-refractivity contribution < 1.29 is 22.7 Å². The van der Waals surface area contributed by atoms with E-state index in [0.29, 0.717) is 35.1 Å². The molecule has 5 aromatic rings. The summed E-state index contributed by atoms with van der Waals surface area (Å²) in [5.74, 6) is 0.486. The standard InChI is InChI=1S/C32H29F3N6O2S/c1-19(2)27-6-4-5-7-28(27)41-20(3)17-44-31(41)38-30(42)37-24-15-21-8-9-22(14-23(21)16-24)29-36-18-40(39-29)25-10-12-26(13-11-25)43-32(33,34)35/h4-14,17-19,24H,15-16H2,1-3H3,(H,37,42). The third-order valence-electron chi connectivity index (χ3n) is 7.43. The third kappa shape index (κ3) is 6.30. The van der Waals surface area contributed by atoms with Crippen LogP contribution in [0, 0.1) is 6.92 Å². The molecule has 6 rings (SSSR count). The minimum absolute atomic E-state index is 0.100. The Hall–Kier alpha value is -4.71. The Morgan fingerprint density at radius 1 is 1.07 bits per heavy atom. The molecule has 44 heavy (non-hydrogen) atoms. The van der Waals surface area contributed by atoms with E-state index in [4.69, 9.17) is 0 Å². The number of nitrogens with zero attached hydrogens (tertiary/aromatic N) is 5. The molecule has 12 heteroatoms. The van der Waals surface area contributed by atoms with E-state index in [0.717, 1.165) is 28.1 Å². The van der Waals surface area contributed by atoms with E-state index in [-0.39, 0.29) is 17.8 Å². The molecule has 1 N–H and O–H groups in total. The van der Waals surface area contributed by atoms with Gasteiger partial charge in [-0.3, -0.25) is 4.57 Å². The van der Waals surface area contributed by atoms with Crippen molar-refractivity contribution in [1.29, 1.82) is 0 Å². The fourth-order valence-corrected chi connectivity index (χ4v) is 6.28. The number of hydrogen-bond acceptors (Lipinski definition) is 5. The van der Waals surface area contributed by atoms with Gasteiger partial charge in [0.1, 0.15) is 12.1 Å². The number of nitrogens with one attached hydrogen (secondary N) is 1. The van der Waals surface area contributed by atoms with E-state index in [2.05, 4.69) is 51.1 Å². The molecule has 2 aromatic heterocycles. The number of aryl methyl sites for hydroxylation is 1. The van der Waals surface area contributed by atoms with Crippen LogP contribution < -0.4 is 14.9 Å². The van der Waals surface area contributed by atoms with Crippen molar-refractivity contribution in [2.24, 2.45) is 4.99 Å². The molecule has 0 spiro atoms. The lowest BCUT2D eigenvalue weighted by molar-refractivity contribution is -0.274. The highest BCUT2D eigenvalue weighted by Crippen LogP contribution is 2.28. The minimum Gasteiger partial charge on any atom is -0.406 e. The average Bonchev–Trinajstić information content (AvgIpc) is 3.70. The molecule has 0 saturated heterocycles. The molecule has 0 aliphatic heterocycles. The van der Waals surface area contributed by atoms with Gasteiger partial charge in [-0.15, -0.1) is 29.6 Å². The second-order valence-electron chi connectivity index (χ2n) is 10.9. The summed E-state index contributed by atoms with van der Waals surface area (Å²) in [5.41, 5.74) is 6.79. The summed E-state index contributed by atoms with van der Waals surface area (Å²) >= 11 is 1.44. The predicted octanol–water partition coefficient (Wildman–Crippen LogP) is 6.89. The second kappa shape index (κ2) is 11.8. The number of ether oxygens (including phenoxy) is 1. The van der Waals surface area contributed by atoms with Gasteiger partial charge in [0.05, 0.1) is 11.4 Å². The van der Waals surface area contributed by atoms with Gasteiger partial charge in [0, 0.05) is 22.7 Å². The maximum atomic E-state index is 13.1. The summed E-state index contributed by atoms with van der Waals surface area (Å²) in [6, 6.07) is 19.0. The van der Waals surface area contributed by atoms with Crippen LogP contribution in [0.3, 0.4) is 0 Å². The highest BCUT2D eigenvalue weighted by Gasteiger charge is 2.31. The van der Waals surface area contributed by atoms with Crippen LogP contribution >= 0.6 is 11.3 Å². The predicted molar refractivity (Wildman–Crippen MR) is 161 cm³/mol. The van der Waals surface area contributed by atoms with Crippen LogP contribution in [-0.4, -0.2) is 37.8 Å². The first-order valence-electron chi connectivity index (χ1n) is 14.1. The largest absolute Gasteiger partial charge is 0.573 e. The Kier molecular flexibility index (Phi) is 7.85. The van der Waals surface area contributed by atoms with Gasteiger partial charge in [-0.2, -0.15) is 4.99 Å². The topological polar surface area (TPSA) is 86.3 Å². The molecule has 1 aliphatic rings. The van der Waals surface area contributed by atoms with Gasteiger partial charge in [0.25, 0.3) is 0 Å². The van der Waals surface area contributed by atoms with Gasteiger partial charge in [-0.1, -0.05) is 44.2 Å². The van der Waals surface area contributed by atoms with Crippen molar-refractivity contribution in [2.45, 2.75) is 51.9 Å². The highest BCUT2D eigenvalue weighted by molar-refractivity contribution is 7.07. The quantitative estimate of drug-likeness (QED) is 0.225. The molecule has 1 unspecified atom stereocenters. The molecule has 1 atom stereocenters. The molecule has 3 aromatic carbocycles. The van der Waals surface area contributed by atoms with Gasteiger partial charge in [0.15, 0.2) is 10.6 Å². The SMILES string of the molecule is Cc1csc(=NC(=O)NC2Cc3ccc(-c4ncn(-c5ccc(OC(F)(F)F)cc5)n4)cc3C2)n1-c1ccccc1C(C)C. The number of carbonyl (C=O) groups is 1. The molecule has 0 radical (unpaired) electrons. The van der Waals surface area contributed by atoms with Gasteiger partial charge in [-0.05, 0) is 78.8 Å². The number of hydrogen-bond donors (Lipinski definition) is 1. The van der Waals surface area contributed by atoms with Gasteiger partial charge >= 0.3 is 12.4 Å². The molecule has 226 valence electrons. The van der Waals surface area contributed by atoms with Crippen LogP contribution in [0.2, 0.25) is 0 Å². The number of carbonyl (C=O) groups excluding carboxylic acids is 1. The number of halogens is 3. The Bertz CT molecular complexity index is 1890. The number of aromatic nitrogens is 4. The number of fused-ring (bicyclic) bond motifs is 1. The molecular weight excluding hydrogens is 589 g/mol. The number of urea groups is 1. The van der Waals surface area contributed by atoms with Gasteiger partial charge < -0.3 is 10.1 Å². The zero-order valence-electron chi connectivity index (χ0n) is 24.2. The molecule has 8 nitrogen and oxygen atoms in total. The van der Waals surface area contributed by atoms with Crippen LogP contribution in [0.15, 0.2) is 83.4 Å². The Morgan fingerprint density at radius 3 is 2.57 bits per heavy atom. The number of rotatable bonds is 6. The maximum Gasteiger partial charge on any atom is 0.573 e. The number of para-hydroxylation sites is 1. The van der Waals surface area contributed by atoms with E-state index in [1.807, 2.05) is 47.2 Å². The van der Waals surface area contributed by atoms with E-state index in [1.165, 1.54) is 52.2 Å². The van der Waals surface area contributed by atoms with Crippen molar-refractivity contribution >= 4 is 17.4 Å². The summed E-state index contributed by atoms with van der Waals surface area (Å²) in [5, 5.41) is 9.58. The van der Waals surface area contributed by atoms with Crippen LogP contribution in [0.1, 0.15) is 42.1 Å². The summed E-state index contributed by atoms with van der Waals surface area (Å²) < 4.78 is 44.8. The normalized spacial score (nSPS) is 15.1. The molecule has 2 amide bonds. The zero-order valence-corrected chi connectivity index (χ0v) is 25.0. The summed E-state index contributed by atoms with van der Waals surface area (Å²) in [7, 11) is 0. The fraction of sp³-hybridized carbons (Fsp3) is 0.250. The molecule has 0 fully saturated rings. The molecule has 0 bridgehead atoms. The summed E-state index contributed by atoms with van der Waals surface area (Å²) in [4.78, 5) is 22.5. The first-order chi connectivity index (χ1) is 21.0. The Balaban J connectivity index is 1.15. The lowest BCUT2D eigenvalue weighted by Crippen LogP contribution is -2.34. The lowest BCUT2D eigenvalue weighted by atomic mass is 10.0. The van der Waals surface area contributed by atoms with Crippen LogP contribution in [-0.2, 0) is 12.8 Å². The number of alkyl halides is 3. The number of amides is 2. The lowest BCUT2D eigenvalue weighted by Gasteiger charge is -2.15. The van der Waals surface area contributed by atoms with Crippen molar-refractivity contribution in [3.8, 4) is 28.5 Å². The van der Waals surface area contributed by atoms with E-state index < -0.39 is 6.36 Å². The monoisotopic (exact) mass is 618 g/mol. The van der Waals surface area contributed by atoms with E-state index >= 15 is 0 Å². The van der Waals surface area contributed by atoms with E-state index in [1.54, 1.807) is 0 Å². The fourth-order valence-electron chi connectivity index (χ4n) is 5.42. The Morgan fingerprint density at radius 2 is 1.82 bits per heavy atom. The van der Waals surface area contributed by atoms with Gasteiger partial charge in [-0.25, -0.2) is 14.5 Å². The van der Waals surface area contributed by atoms with Crippen molar-refractivity contribution in [3.63, 3.8) is 0 Å². The molecular formula is C32H29F3N6O2S. The molecule has 2 heterocycles. The average molecular weight is 619 g/mol. The zero-order chi connectivity index (χ0) is 31.0. The summed E-state index contributed by atoms with van der Waals surface area (Å²) in [6.07, 6.45) is -1.92. The maximum absolute atomic E-state index is 13.1. The number of benzene rings is 3. The summed E-state index contributed by atoms with van der Waals surface area (Å²) in [6.45, 7) is 6.31. The molecule has 0 saturated carbocycles. The van der Waals surface area contributed by atoms with Crippen molar-refractivity contribution in [1.82, 2.24) is 24.6 Å². The van der Waals surface area contributed by atoms with Gasteiger partial charge in [0.2, 0.25) is 0 Å². The minimum atomic E-state index is -4.75. The smallest absolute Gasteiger partial charge is 0.406 e. The van der Waals surface area contributed by atoms with E-state index in [9.17, 15) is 18.0 Å². The Labute approximate surface area is 255 Å². The molecule has 1 aliphatic carbocycles. The van der Waals surface area contributed by atoms with Crippen LogP contribution in [0.4, 0.5) is 18.0 Å². The third-order valence-corrected chi connectivity index (χ3v) is 8.37.